The number of fused-ring (bicyclic) bond motifs is 3. The van der Waals surface area contributed by atoms with E-state index in [-0.39, 0.29) is 5.97 Å². The van der Waals surface area contributed by atoms with E-state index in [0.29, 0.717) is 5.75 Å². The van der Waals surface area contributed by atoms with Gasteiger partial charge < -0.3 is 9.30 Å². The Hall–Kier alpha value is -3.85. The van der Waals surface area contributed by atoms with Crippen LogP contribution in [0.25, 0.3) is 38.6 Å². The van der Waals surface area contributed by atoms with E-state index in [1.807, 2.05) is 42.5 Å². The maximum absolute atomic E-state index is 11.7. The fourth-order valence-electron chi connectivity index (χ4n) is 3.93. The topological polar surface area (TPSA) is 31.2 Å². The summed E-state index contributed by atoms with van der Waals surface area (Å²) in [6.45, 7) is 1.43. The number of esters is 1. The van der Waals surface area contributed by atoms with Gasteiger partial charge in [0, 0.05) is 12.3 Å². The van der Waals surface area contributed by atoms with E-state index in [4.69, 9.17) is 4.74 Å². The molecule has 0 amide bonds. The van der Waals surface area contributed by atoms with Crippen LogP contribution in [0.5, 0.6) is 5.75 Å². The van der Waals surface area contributed by atoms with Crippen LogP contribution >= 0.6 is 0 Å². The maximum atomic E-state index is 11.7. The van der Waals surface area contributed by atoms with Crippen molar-refractivity contribution in [1.29, 1.82) is 0 Å². The summed E-state index contributed by atoms with van der Waals surface area (Å²) in [7, 11) is 0. The number of hydrogen-bond donors (Lipinski definition) is 0. The van der Waals surface area contributed by atoms with Gasteiger partial charge in [-0.15, -0.1) is 0 Å². The van der Waals surface area contributed by atoms with E-state index in [9.17, 15) is 4.79 Å². The van der Waals surface area contributed by atoms with Gasteiger partial charge in [0.1, 0.15) is 0 Å². The Bertz CT molecular complexity index is 1350. The molecular weight excluding hydrogens is 358 g/mol. The van der Waals surface area contributed by atoms with Gasteiger partial charge in [-0.25, -0.2) is 0 Å². The van der Waals surface area contributed by atoms with Crippen molar-refractivity contribution in [3.8, 4) is 22.7 Å². The Morgan fingerprint density at radius 2 is 1.48 bits per heavy atom. The monoisotopic (exact) mass is 377 g/mol. The molecule has 0 aliphatic rings. The molecule has 0 saturated carbocycles. The molecule has 5 rings (SSSR count). The lowest BCUT2D eigenvalue weighted by atomic mass is 10.1. The average molecular weight is 377 g/mol. The molecule has 0 radical (unpaired) electrons. The van der Waals surface area contributed by atoms with Crippen molar-refractivity contribution in [1.82, 2.24) is 4.57 Å². The highest BCUT2D eigenvalue weighted by atomic mass is 16.5. The van der Waals surface area contributed by atoms with Crippen molar-refractivity contribution < 1.29 is 9.53 Å². The maximum Gasteiger partial charge on any atom is 0.308 e. The largest absolute Gasteiger partial charge is 0.424 e. The highest BCUT2D eigenvalue weighted by molar-refractivity contribution is 6.09. The summed E-state index contributed by atoms with van der Waals surface area (Å²) in [6, 6.07) is 32.8. The van der Waals surface area contributed by atoms with E-state index in [1.54, 1.807) is 0 Å². The zero-order valence-corrected chi connectivity index (χ0v) is 16.0. The molecule has 5 aromatic rings. The second kappa shape index (κ2) is 6.95. The van der Waals surface area contributed by atoms with Crippen LogP contribution in [0.15, 0.2) is 97.1 Å². The number of rotatable bonds is 3. The van der Waals surface area contributed by atoms with Crippen molar-refractivity contribution in [2.24, 2.45) is 0 Å². The number of aromatic nitrogens is 1. The third-order valence-corrected chi connectivity index (χ3v) is 5.14. The van der Waals surface area contributed by atoms with E-state index in [1.165, 1.54) is 23.1 Å². The molecule has 0 saturated heterocycles. The molecule has 0 bridgehead atoms. The summed E-state index contributed by atoms with van der Waals surface area (Å²) in [5.41, 5.74) is 4.07. The number of carbonyl (C=O) groups is 1. The zero-order chi connectivity index (χ0) is 19.8. The van der Waals surface area contributed by atoms with E-state index < -0.39 is 0 Å². The van der Waals surface area contributed by atoms with Crippen LogP contribution in [-0.2, 0) is 4.79 Å². The fraction of sp³-hybridized carbons (Fsp3) is 0.0385. The first-order valence-electron chi connectivity index (χ1n) is 9.59. The minimum Gasteiger partial charge on any atom is -0.424 e. The summed E-state index contributed by atoms with van der Waals surface area (Å²) >= 11 is 0. The van der Waals surface area contributed by atoms with Crippen LogP contribution in [0, 0.1) is 0 Å². The van der Waals surface area contributed by atoms with E-state index >= 15 is 0 Å². The van der Waals surface area contributed by atoms with Gasteiger partial charge in [0.25, 0.3) is 0 Å². The molecule has 0 unspecified atom stereocenters. The Morgan fingerprint density at radius 3 is 2.31 bits per heavy atom. The standard InChI is InChI=1S/C26H19NO2/c1-18(28)29-26-14-8-7-13-24(26)27-23-16-15-19-9-5-6-12-21(19)22(23)17-25(27)20-10-3-2-4-11-20/h2-17H,1H3. The molecule has 0 spiro atoms. The minimum absolute atomic E-state index is 0.333. The fourth-order valence-corrected chi connectivity index (χ4v) is 3.93. The molecule has 29 heavy (non-hydrogen) atoms. The molecule has 1 aromatic heterocycles. The summed E-state index contributed by atoms with van der Waals surface area (Å²) in [4.78, 5) is 11.7. The Kier molecular flexibility index (Phi) is 4.14. The normalized spacial score (nSPS) is 11.1. The van der Waals surface area contributed by atoms with E-state index in [0.717, 1.165) is 22.5 Å². The Balaban J connectivity index is 1.89. The quantitative estimate of drug-likeness (QED) is 0.270. The average Bonchev–Trinajstić information content (AvgIpc) is 3.14. The van der Waals surface area contributed by atoms with Crippen molar-refractivity contribution >= 4 is 27.6 Å². The number of carbonyl (C=O) groups excluding carboxylic acids is 1. The molecule has 3 heteroatoms. The lowest BCUT2D eigenvalue weighted by Gasteiger charge is -2.15. The van der Waals surface area contributed by atoms with Gasteiger partial charge in [-0.3, -0.25) is 4.79 Å². The molecule has 140 valence electrons. The van der Waals surface area contributed by atoms with Crippen LogP contribution in [0.2, 0.25) is 0 Å². The van der Waals surface area contributed by atoms with Crippen molar-refractivity contribution in [2.45, 2.75) is 6.92 Å². The van der Waals surface area contributed by atoms with Crippen LogP contribution in [0.4, 0.5) is 0 Å². The summed E-state index contributed by atoms with van der Waals surface area (Å²) in [5, 5.41) is 3.57. The molecule has 0 aliphatic heterocycles. The van der Waals surface area contributed by atoms with Crippen molar-refractivity contribution in [2.75, 3.05) is 0 Å². The molecule has 0 N–H and O–H groups in total. The van der Waals surface area contributed by atoms with Gasteiger partial charge in [-0.1, -0.05) is 72.8 Å². The van der Waals surface area contributed by atoms with Gasteiger partial charge in [0.2, 0.25) is 0 Å². The number of hydrogen-bond acceptors (Lipinski definition) is 2. The third kappa shape index (κ3) is 2.97. The highest BCUT2D eigenvalue weighted by Crippen LogP contribution is 2.37. The Labute approximate surface area is 168 Å². The van der Waals surface area contributed by atoms with Crippen molar-refractivity contribution in [3.05, 3.63) is 97.1 Å². The van der Waals surface area contributed by atoms with Crippen LogP contribution in [0.3, 0.4) is 0 Å². The first kappa shape index (κ1) is 17.3. The molecular formula is C26H19NO2. The van der Waals surface area contributed by atoms with Crippen LogP contribution < -0.4 is 4.74 Å². The van der Waals surface area contributed by atoms with Gasteiger partial charge in [0.15, 0.2) is 5.75 Å². The summed E-state index contributed by atoms with van der Waals surface area (Å²) < 4.78 is 7.71. The first-order chi connectivity index (χ1) is 14.2. The lowest BCUT2D eigenvalue weighted by molar-refractivity contribution is -0.131. The third-order valence-electron chi connectivity index (χ3n) is 5.14. The van der Waals surface area contributed by atoms with Gasteiger partial charge >= 0.3 is 5.97 Å². The van der Waals surface area contributed by atoms with Gasteiger partial charge in [-0.2, -0.15) is 0 Å². The predicted molar refractivity (Wildman–Crippen MR) is 118 cm³/mol. The van der Waals surface area contributed by atoms with Gasteiger partial charge in [-0.05, 0) is 40.6 Å². The molecule has 4 aromatic carbocycles. The second-order valence-electron chi connectivity index (χ2n) is 7.01. The van der Waals surface area contributed by atoms with Crippen LogP contribution in [-0.4, -0.2) is 10.5 Å². The molecule has 1 heterocycles. The first-order valence-corrected chi connectivity index (χ1v) is 9.59. The van der Waals surface area contributed by atoms with Crippen LogP contribution in [0.1, 0.15) is 6.92 Å². The predicted octanol–water partition coefficient (Wildman–Crippen LogP) is 6.38. The molecule has 3 nitrogen and oxygen atoms in total. The summed E-state index contributed by atoms with van der Waals surface area (Å²) in [5.74, 6) is 0.212. The second-order valence-corrected chi connectivity index (χ2v) is 7.01. The molecule has 0 fully saturated rings. The zero-order valence-electron chi connectivity index (χ0n) is 16.0. The van der Waals surface area contributed by atoms with Gasteiger partial charge in [0.05, 0.1) is 16.9 Å². The SMILES string of the molecule is CC(=O)Oc1ccccc1-n1c(-c2ccccc2)cc2c3ccccc3ccc21. The number of ether oxygens (including phenoxy) is 1. The highest BCUT2D eigenvalue weighted by Gasteiger charge is 2.17. The molecule has 0 aliphatic carbocycles. The number of para-hydroxylation sites is 2. The van der Waals surface area contributed by atoms with Crippen molar-refractivity contribution in [3.63, 3.8) is 0 Å². The lowest BCUT2D eigenvalue weighted by Crippen LogP contribution is -2.06. The number of benzene rings is 4. The number of nitrogens with zero attached hydrogens (tertiary/aromatic N) is 1. The smallest absolute Gasteiger partial charge is 0.308 e. The Morgan fingerprint density at radius 1 is 0.759 bits per heavy atom. The molecule has 0 atom stereocenters. The minimum atomic E-state index is -0.333. The van der Waals surface area contributed by atoms with E-state index in [2.05, 4.69) is 59.2 Å². The summed E-state index contributed by atoms with van der Waals surface area (Å²) in [6.07, 6.45) is 0.